The van der Waals surface area contributed by atoms with Crippen LogP contribution in [0.5, 0.6) is 5.75 Å². The minimum Gasteiger partial charge on any atom is -0.493 e. The molecule has 0 aliphatic rings. The third-order valence-corrected chi connectivity index (χ3v) is 3.98. The van der Waals surface area contributed by atoms with Gasteiger partial charge in [0, 0.05) is 24.0 Å². The summed E-state index contributed by atoms with van der Waals surface area (Å²) in [5, 5.41) is 0.991. The highest BCUT2D eigenvalue weighted by Crippen LogP contribution is 2.35. The summed E-state index contributed by atoms with van der Waals surface area (Å²) in [6.07, 6.45) is 9.43. The smallest absolute Gasteiger partial charge is 0.177 e. The summed E-state index contributed by atoms with van der Waals surface area (Å²) in [7, 11) is 1.64. The minimum absolute atomic E-state index is 0.707. The van der Waals surface area contributed by atoms with Crippen molar-refractivity contribution in [2.45, 2.75) is 0 Å². The van der Waals surface area contributed by atoms with Crippen LogP contribution in [0.4, 0.5) is 0 Å². The second kappa shape index (κ2) is 6.61. The number of hydrogen-bond acceptors (Lipinski definition) is 4. The van der Waals surface area contributed by atoms with E-state index < -0.39 is 0 Å². The van der Waals surface area contributed by atoms with Crippen molar-refractivity contribution in [1.82, 2.24) is 9.97 Å². The second-order valence-corrected chi connectivity index (χ2v) is 5.54. The molecule has 122 valence electrons. The van der Waals surface area contributed by atoms with Crippen LogP contribution < -0.4 is 4.74 Å². The number of nitrogens with zero attached hydrogens (tertiary/aromatic N) is 2. The van der Waals surface area contributed by atoms with Gasteiger partial charge in [0.2, 0.25) is 0 Å². The minimum atomic E-state index is 0.707. The van der Waals surface area contributed by atoms with Gasteiger partial charge in [-0.1, -0.05) is 24.3 Å². The van der Waals surface area contributed by atoms with Gasteiger partial charge in [-0.15, -0.1) is 0 Å². The van der Waals surface area contributed by atoms with E-state index in [0.717, 1.165) is 33.6 Å². The SMILES string of the molecule is COc1ccc(C=Cc2ccncc2)c2cc(-c3ccccn3)oc12. The summed E-state index contributed by atoms with van der Waals surface area (Å²) in [6.45, 7) is 0. The fourth-order valence-electron chi connectivity index (χ4n) is 2.72. The third-order valence-electron chi connectivity index (χ3n) is 3.98. The molecular weight excluding hydrogens is 312 g/mol. The van der Waals surface area contributed by atoms with E-state index in [9.17, 15) is 0 Å². The lowest BCUT2D eigenvalue weighted by molar-refractivity contribution is 0.411. The maximum absolute atomic E-state index is 6.04. The van der Waals surface area contributed by atoms with E-state index in [1.807, 2.05) is 48.5 Å². The molecule has 4 aromatic rings. The zero-order chi connectivity index (χ0) is 17.1. The van der Waals surface area contributed by atoms with Crippen LogP contribution in [0.2, 0.25) is 0 Å². The molecular formula is C21H16N2O2. The molecule has 4 nitrogen and oxygen atoms in total. The Bertz CT molecular complexity index is 1020. The molecule has 25 heavy (non-hydrogen) atoms. The molecule has 1 aromatic carbocycles. The number of pyridine rings is 2. The van der Waals surface area contributed by atoms with E-state index in [4.69, 9.17) is 9.15 Å². The van der Waals surface area contributed by atoms with Crippen molar-refractivity contribution >= 4 is 23.1 Å². The van der Waals surface area contributed by atoms with Crippen LogP contribution in [0.15, 0.2) is 71.5 Å². The van der Waals surface area contributed by atoms with Gasteiger partial charge < -0.3 is 9.15 Å². The lowest BCUT2D eigenvalue weighted by Gasteiger charge is -2.02. The van der Waals surface area contributed by atoms with Crippen molar-refractivity contribution < 1.29 is 9.15 Å². The van der Waals surface area contributed by atoms with Crippen LogP contribution in [0.1, 0.15) is 11.1 Å². The molecule has 0 unspecified atom stereocenters. The molecule has 0 aliphatic carbocycles. The van der Waals surface area contributed by atoms with Crippen LogP contribution in [-0.4, -0.2) is 17.1 Å². The molecule has 0 saturated heterocycles. The molecule has 4 rings (SSSR count). The number of rotatable bonds is 4. The Morgan fingerprint density at radius 2 is 1.84 bits per heavy atom. The van der Waals surface area contributed by atoms with Crippen LogP contribution in [-0.2, 0) is 0 Å². The topological polar surface area (TPSA) is 48.2 Å². The zero-order valence-electron chi connectivity index (χ0n) is 13.7. The number of fused-ring (bicyclic) bond motifs is 1. The standard InChI is InChI=1S/C21H16N2O2/c1-24-19-8-7-16(6-5-15-9-12-22-13-10-15)17-14-20(25-21(17)19)18-4-2-3-11-23-18/h2-14H,1H3. The van der Waals surface area contributed by atoms with Crippen molar-refractivity contribution in [1.29, 1.82) is 0 Å². The lowest BCUT2D eigenvalue weighted by Crippen LogP contribution is -1.84. The first-order chi connectivity index (χ1) is 12.3. The van der Waals surface area contributed by atoms with Crippen molar-refractivity contribution in [3.8, 4) is 17.2 Å². The van der Waals surface area contributed by atoms with Gasteiger partial charge >= 0.3 is 0 Å². The highest BCUT2D eigenvalue weighted by Gasteiger charge is 2.13. The molecule has 0 aliphatic heterocycles. The number of aromatic nitrogens is 2. The largest absolute Gasteiger partial charge is 0.493 e. The Kier molecular flexibility index (Phi) is 4.01. The van der Waals surface area contributed by atoms with Crippen molar-refractivity contribution in [2.75, 3.05) is 7.11 Å². The van der Waals surface area contributed by atoms with Crippen LogP contribution >= 0.6 is 0 Å². The molecule has 4 heteroatoms. The molecule has 0 fully saturated rings. The summed E-state index contributed by atoms with van der Waals surface area (Å²) in [4.78, 5) is 8.40. The van der Waals surface area contributed by atoms with Crippen molar-refractivity contribution in [2.24, 2.45) is 0 Å². The van der Waals surface area contributed by atoms with Gasteiger partial charge in [-0.05, 0) is 47.5 Å². The molecule has 0 spiro atoms. The maximum atomic E-state index is 6.04. The Hall–Kier alpha value is -3.40. The first-order valence-electron chi connectivity index (χ1n) is 7.95. The van der Waals surface area contributed by atoms with Crippen molar-refractivity contribution in [3.05, 3.63) is 78.2 Å². The van der Waals surface area contributed by atoms with E-state index in [1.165, 1.54) is 0 Å². The van der Waals surface area contributed by atoms with E-state index >= 15 is 0 Å². The van der Waals surface area contributed by atoms with E-state index in [0.29, 0.717) is 5.75 Å². The highest BCUT2D eigenvalue weighted by molar-refractivity contribution is 5.95. The fourth-order valence-corrected chi connectivity index (χ4v) is 2.72. The number of furan rings is 1. The first kappa shape index (κ1) is 15.1. The lowest BCUT2D eigenvalue weighted by atomic mass is 10.1. The summed E-state index contributed by atoms with van der Waals surface area (Å²) in [5.74, 6) is 1.43. The monoisotopic (exact) mass is 328 g/mol. The zero-order valence-corrected chi connectivity index (χ0v) is 13.7. The average Bonchev–Trinajstić information content (AvgIpc) is 3.13. The quantitative estimate of drug-likeness (QED) is 0.525. The van der Waals surface area contributed by atoms with E-state index in [2.05, 4.69) is 22.1 Å². The van der Waals surface area contributed by atoms with Gasteiger partial charge in [-0.25, -0.2) is 0 Å². The van der Waals surface area contributed by atoms with Gasteiger partial charge in [0.1, 0.15) is 5.69 Å². The Labute approximate surface area is 145 Å². The molecule has 0 bridgehead atoms. The molecule has 0 radical (unpaired) electrons. The van der Waals surface area contributed by atoms with E-state index in [-0.39, 0.29) is 0 Å². The molecule has 0 saturated carbocycles. The van der Waals surface area contributed by atoms with Gasteiger partial charge in [0.25, 0.3) is 0 Å². The van der Waals surface area contributed by atoms with Gasteiger partial charge in [0.05, 0.1) is 7.11 Å². The molecule has 0 atom stereocenters. The summed E-state index contributed by atoms with van der Waals surface area (Å²) < 4.78 is 11.5. The van der Waals surface area contributed by atoms with Gasteiger partial charge in [-0.3, -0.25) is 9.97 Å². The predicted octanol–water partition coefficient (Wildman–Crippen LogP) is 5.07. The maximum Gasteiger partial charge on any atom is 0.177 e. The fraction of sp³-hybridized carbons (Fsp3) is 0.0476. The van der Waals surface area contributed by atoms with Crippen LogP contribution in [0.3, 0.4) is 0 Å². The third kappa shape index (κ3) is 3.02. The highest BCUT2D eigenvalue weighted by atomic mass is 16.5. The first-order valence-corrected chi connectivity index (χ1v) is 7.95. The van der Waals surface area contributed by atoms with Crippen LogP contribution in [0.25, 0.3) is 34.6 Å². The molecule has 0 amide bonds. The predicted molar refractivity (Wildman–Crippen MR) is 99.2 cm³/mol. The number of ether oxygens (including phenoxy) is 1. The molecule has 3 aromatic heterocycles. The van der Waals surface area contributed by atoms with Crippen LogP contribution in [0, 0.1) is 0 Å². The molecule has 3 heterocycles. The average molecular weight is 328 g/mol. The van der Waals surface area contributed by atoms with Gasteiger partial charge in [0.15, 0.2) is 17.1 Å². The Morgan fingerprint density at radius 3 is 2.60 bits per heavy atom. The summed E-state index contributed by atoms with van der Waals surface area (Å²) in [6, 6.07) is 15.6. The van der Waals surface area contributed by atoms with E-state index in [1.54, 1.807) is 25.7 Å². The second-order valence-electron chi connectivity index (χ2n) is 5.54. The molecule has 0 N–H and O–H groups in total. The van der Waals surface area contributed by atoms with Crippen molar-refractivity contribution in [3.63, 3.8) is 0 Å². The number of hydrogen-bond donors (Lipinski definition) is 0. The van der Waals surface area contributed by atoms with Gasteiger partial charge in [-0.2, -0.15) is 0 Å². The Balaban J connectivity index is 1.82. The normalized spacial score (nSPS) is 11.2. The summed E-state index contributed by atoms with van der Waals surface area (Å²) >= 11 is 0. The Morgan fingerprint density at radius 1 is 0.960 bits per heavy atom. The summed E-state index contributed by atoms with van der Waals surface area (Å²) in [5.41, 5.74) is 3.66. The number of methoxy groups -OCH3 is 1. The number of benzene rings is 1.